The number of hydrogen-bond donors (Lipinski definition) is 1. The molecule has 1 unspecified atom stereocenters. The molecule has 1 rings (SSSR count). The fraction of sp³-hybridized carbons (Fsp3) is 0.615. The van der Waals surface area contributed by atoms with Gasteiger partial charge in [-0.05, 0) is 43.1 Å². The summed E-state index contributed by atoms with van der Waals surface area (Å²) in [4.78, 5) is 4.44. The van der Waals surface area contributed by atoms with Gasteiger partial charge in [-0.2, -0.15) is 0 Å². The molecule has 0 radical (unpaired) electrons. The van der Waals surface area contributed by atoms with Crippen molar-refractivity contribution in [2.45, 2.75) is 44.7 Å². The number of nitrogens with zero attached hydrogens (tertiary/aromatic N) is 1. The van der Waals surface area contributed by atoms with Crippen molar-refractivity contribution in [2.75, 3.05) is 5.75 Å². The van der Waals surface area contributed by atoms with Gasteiger partial charge in [0.05, 0.1) is 5.03 Å². The fourth-order valence-corrected chi connectivity index (χ4v) is 2.48. The minimum absolute atomic E-state index is 0.209. The van der Waals surface area contributed by atoms with E-state index in [-0.39, 0.29) is 6.04 Å². The van der Waals surface area contributed by atoms with E-state index < -0.39 is 0 Å². The standard InChI is InChI=1S/C13H22N2S/c1-10(2)6-7-16-13-5-4-12(9-15-13)8-11(3)14/h4-5,9-11H,6-8,14H2,1-3H3. The maximum Gasteiger partial charge on any atom is 0.0960 e. The van der Waals surface area contributed by atoms with Crippen LogP contribution >= 0.6 is 11.8 Å². The van der Waals surface area contributed by atoms with Crippen LogP contribution < -0.4 is 5.73 Å². The van der Waals surface area contributed by atoms with Crippen molar-refractivity contribution in [2.24, 2.45) is 11.7 Å². The molecule has 0 bridgehead atoms. The monoisotopic (exact) mass is 238 g/mol. The highest BCUT2D eigenvalue weighted by atomic mass is 32.2. The highest BCUT2D eigenvalue weighted by Gasteiger charge is 2.01. The zero-order valence-electron chi connectivity index (χ0n) is 10.4. The van der Waals surface area contributed by atoms with E-state index >= 15 is 0 Å². The normalized spacial score (nSPS) is 13.1. The van der Waals surface area contributed by atoms with Crippen LogP contribution in [-0.2, 0) is 6.42 Å². The lowest BCUT2D eigenvalue weighted by Crippen LogP contribution is -2.17. The van der Waals surface area contributed by atoms with Crippen molar-refractivity contribution in [3.8, 4) is 0 Å². The maximum absolute atomic E-state index is 5.74. The van der Waals surface area contributed by atoms with Crippen molar-refractivity contribution in [1.82, 2.24) is 4.98 Å². The third-order valence-corrected chi connectivity index (χ3v) is 3.28. The summed E-state index contributed by atoms with van der Waals surface area (Å²) in [6.07, 6.45) is 4.10. The first kappa shape index (κ1) is 13.5. The molecule has 1 aromatic heterocycles. The Morgan fingerprint density at radius 3 is 2.56 bits per heavy atom. The van der Waals surface area contributed by atoms with E-state index in [2.05, 4.69) is 31.0 Å². The second-order valence-corrected chi connectivity index (χ2v) is 5.83. The Hall–Kier alpha value is -0.540. The molecule has 1 atom stereocenters. The summed E-state index contributed by atoms with van der Waals surface area (Å²) in [6, 6.07) is 4.44. The minimum atomic E-state index is 0.209. The van der Waals surface area contributed by atoms with E-state index in [1.807, 2.05) is 24.9 Å². The van der Waals surface area contributed by atoms with Crippen molar-refractivity contribution in [3.63, 3.8) is 0 Å². The third kappa shape index (κ3) is 5.52. The van der Waals surface area contributed by atoms with Gasteiger partial charge in [-0.15, -0.1) is 11.8 Å². The van der Waals surface area contributed by atoms with Gasteiger partial charge in [-0.1, -0.05) is 19.9 Å². The lowest BCUT2D eigenvalue weighted by atomic mass is 10.1. The summed E-state index contributed by atoms with van der Waals surface area (Å²) in [7, 11) is 0. The zero-order chi connectivity index (χ0) is 12.0. The number of hydrogen-bond acceptors (Lipinski definition) is 3. The van der Waals surface area contributed by atoms with Crippen LogP contribution in [0.4, 0.5) is 0 Å². The number of nitrogens with two attached hydrogens (primary N) is 1. The van der Waals surface area contributed by atoms with E-state index in [4.69, 9.17) is 5.73 Å². The molecule has 0 amide bonds. The van der Waals surface area contributed by atoms with Crippen LogP contribution in [-0.4, -0.2) is 16.8 Å². The van der Waals surface area contributed by atoms with Crippen LogP contribution in [0.15, 0.2) is 23.4 Å². The first-order valence-corrected chi connectivity index (χ1v) is 6.89. The number of thioether (sulfide) groups is 1. The molecule has 1 aromatic rings. The van der Waals surface area contributed by atoms with Crippen LogP contribution in [0, 0.1) is 5.92 Å². The molecule has 0 aliphatic rings. The molecular weight excluding hydrogens is 216 g/mol. The predicted octanol–water partition coefficient (Wildman–Crippen LogP) is 3.11. The molecule has 0 aliphatic carbocycles. The molecule has 0 spiro atoms. The van der Waals surface area contributed by atoms with Crippen LogP contribution in [0.1, 0.15) is 32.8 Å². The minimum Gasteiger partial charge on any atom is -0.328 e. The molecule has 3 heteroatoms. The molecule has 0 fully saturated rings. The van der Waals surface area contributed by atoms with E-state index in [0.29, 0.717) is 0 Å². The largest absolute Gasteiger partial charge is 0.328 e. The molecule has 0 saturated carbocycles. The molecule has 1 heterocycles. The van der Waals surface area contributed by atoms with E-state index in [9.17, 15) is 0 Å². The summed E-state index contributed by atoms with van der Waals surface area (Å²) in [5.41, 5.74) is 6.97. The summed E-state index contributed by atoms with van der Waals surface area (Å²) in [5.74, 6) is 1.92. The first-order chi connectivity index (χ1) is 7.58. The van der Waals surface area contributed by atoms with Gasteiger partial charge in [-0.3, -0.25) is 0 Å². The van der Waals surface area contributed by atoms with Crippen molar-refractivity contribution < 1.29 is 0 Å². The van der Waals surface area contributed by atoms with Crippen LogP contribution in [0.25, 0.3) is 0 Å². The summed E-state index contributed by atoms with van der Waals surface area (Å²) in [5, 5.41) is 1.12. The Kier molecular flexibility index (Phi) is 5.85. The Bertz CT molecular complexity index is 293. The van der Waals surface area contributed by atoms with Gasteiger partial charge in [0.1, 0.15) is 0 Å². The Balaban J connectivity index is 2.39. The summed E-state index contributed by atoms with van der Waals surface area (Å²) in [6.45, 7) is 6.52. The highest BCUT2D eigenvalue weighted by Crippen LogP contribution is 2.18. The lowest BCUT2D eigenvalue weighted by molar-refractivity contribution is 0.632. The van der Waals surface area contributed by atoms with Gasteiger partial charge in [0, 0.05) is 12.2 Å². The van der Waals surface area contributed by atoms with Gasteiger partial charge >= 0.3 is 0 Å². The van der Waals surface area contributed by atoms with Gasteiger partial charge < -0.3 is 5.73 Å². The first-order valence-electron chi connectivity index (χ1n) is 5.91. The maximum atomic E-state index is 5.74. The molecular formula is C13H22N2S. The third-order valence-electron chi connectivity index (χ3n) is 2.30. The molecule has 0 saturated heterocycles. The van der Waals surface area contributed by atoms with Gasteiger partial charge in [0.15, 0.2) is 0 Å². The molecule has 2 nitrogen and oxygen atoms in total. The summed E-state index contributed by atoms with van der Waals surface area (Å²) >= 11 is 1.83. The van der Waals surface area contributed by atoms with Crippen molar-refractivity contribution in [3.05, 3.63) is 23.9 Å². The van der Waals surface area contributed by atoms with E-state index in [1.54, 1.807) is 0 Å². The van der Waals surface area contributed by atoms with Crippen molar-refractivity contribution >= 4 is 11.8 Å². The lowest BCUT2D eigenvalue weighted by Gasteiger charge is -2.06. The van der Waals surface area contributed by atoms with Crippen LogP contribution in [0.5, 0.6) is 0 Å². The SMILES string of the molecule is CC(C)CCSc1ccc(CC(C)N)cn1. The van der Waals surface area contributed by atoms with Gasteiger partial charge in [-0.25, -0.2) is 4.98 Å². The molecule has 2 N–H and O–H groups in total. The second-order valence-electron chi connectivity index (χ2n) is 4.72. The number of pyridine rings is 1. The smallest absolute Gasteiger partial charge is 0.0960 e. The Morgan fingerprint density at radius 1 is 1.31 bits per heavy atom. The molecule has 90 valence electrons. The predicted molar refractivity (Wildman–Crippen MR) is 71.8 cm³/mol. The fourth-order valence-electron chi connectivity index (χ4n) is 1.39. The second kappa shape index (κ2) is 6.92. The zero-order valence-corrected chi connectivity index (χ0v) is 11.3. The van der Waals surface area contributed by atoms with Crippen LogP contribution in [0.3, 0.4) is 0 Å². The van der Waals surface area contributed by atoms with Gasteiger partial charge in [0.25, 0.3) is 0 Å². The molecule has 0 aliphatic heterocycles. The molecule has 16 heavy (non-hydrogen) atoms. The summed E-state index contributed by atoms with van der Waals surface area (Å²) < 4.78 is 0. The van der Waals surface area contributed by atoms with E-state index in [1.165, 1.54) is 12.0 Å². The van der Waals surface area contributed by atoms with Crippen LogP contribution in [0.2, 0.25) is 0 Å². The Morgan fingerprint density at radius 2 is 2.06 bits per heavy atom. The number of rotatable bonds is 6. The number of aromatic nitrogens is 1. The molecule has 0 aromatic carbocycles. The topological polar surface area (TPSA) is 38.9 Å². The van der Waals surface area contributed by atoms with E-state index in [0.717, 1.165) is 23.1 Å². The van der Waals surface area contributed by atoms with Gasteiger partial charge in [0.2, 0.25) is 0 Å². The Labute approximate surface area is 103 Å². The average Bonchev–Trinajstić information content (AvgIpc) is 2.19. The average molecular weight is 238 g/mol. The highest BCUT2D eigenvalue weighted by molar-refractivity contribution is 7.99. The van der Waals surface area contributed by atoms with Crippen molar-refractivity contribution in [1.29, 1.82) is 0 Å². The quantitative estimate of drug-likeness (QED) is 0.774.